The Bertz CT molecular complexity index is 3960. The number of benzene rings is 7. The van der Waals surface area contributed by atoms with E-state index in [9.17, 15) is 79.1 Å². The number of thiocarbonyl (C=S) groups is 1. The van der Waals surface area contributed by atoms with Gasteiger partial charge in [0.2, 0.25) is 0 Å². The van der Waals surface area contributed by atoms with Crippen LogP contribution in [0.2, 0.25) is 0 Å². The quantitative estimate of drug-likeness (QED) is 0.0330. The van der Waals surface area contributed by atoms with E-state index in [0.29, 0.717) is 16.5 Å². The van der Waals surface area contributed by atoms with Crippen molar-refractivity contribution in [2.24, 2.45) is 0 Å². The smallest absolute Gasteiger partial charge is 0.336 e. The summed E-state index contributed by atoms with van der Waals surface area (Å²) >= 11 is 5.65. The number of carbonyl (C=O) groups is 1. The lowest BCUT2D eigenvalue weighted by atomic mass is 9.90. The monoisotopic (exact) mass is 1070 g/mol. The normalized spacial score (nSPS) is 12.9. The number of carboxylic acid groups (broad SMARTS) is 1. The third-order valence-corrected chi connectivity index (χ3v) is 14.8. The van der Waals surface area contributed by atoms with Crippen molar-refractivity contribution in [3.05, 3.63) is 163 Å². The van der Waals surface area contributed by atoms with Crippen molar-refractivity contribution >= 4 is 76.0 Å². The zero-order valence-corrected chi connectivity index (χ0v) is 40.2. The second-order valence-electron chi connectivity index (χ2n) is 17.0. The highest BCUT2D eigenvalue weighted by molar-refractivity contribution is 7.86. The van der Waals surface area contributed by atoms with Gasteiger partial charge < -0.3 is 45.7 Å². The zero-order valence-electron chi connectivity index (χ0n) is 37.0. The Morgan fingerprint density at radius 2 is 0.918 bits per heavy atom. The molecule has 0 atom stereocenters. The number of fused-ring (bicyclic) bond motifs is 10. The van der Waals surface area contributed by atoms with Crippen LogP contribution in [0.25, 0.3) is 33.4 Å². The maximum atomic E-state index is 12.9. The van der Waals surface area contributed by atoms with Crippen LogP contribution in [-0.4, -0.2) is 80.6 Å². The predicted molar refractivity (Wildman–Crippen MR) is 266 cm³/mol. The van der Waals surface area contributed by atoms with E-state index in [2.05, 4.69) is 10.6 Å². The molecule has 1 heterocycles. The van der Waals surface area contributed by atoms with Gasteiger partial charge in [-0.3, -0.25) is 18.5 Å². The average molecular weight is 1070 g/mol. The molecule has 73 heavy (non-hydrogen) atoms. The molecule has 11 N–H and O–H groups in total. The van der Waals surface area contributed by atoms with Crippen molar-refractivity contribution in [2.75, 3.05) is 10.6 Å². The molecule has 0 saturated carbocycles. The number of anilines is 2. The number of aromatic carboxylic acids is 1. The topological polar surface area (TPSA) is 356 Å². The first-order valence-corrected chi connectivity index (χ1v) is 25.9. The van der Waals surface area contributed by atoms with Crippen LogP contribution < -0.4 is 16.1 Å². The largest absolute Gasteiger partial charge is 0.508 e. The van der Waals surface area contributed by atoms with E-state index in [1.807, 2.05) is 0 Å². The van der Waals surface area contributed by atoms with Gasteiger partial charge in [-0.25, -0.2) is 4.79 Å². The van der Waals surface area contributed by atoms with Gasteiger partial charge in [0.25, 0.3) is 30.4 Å². The van der Waals surface area contributed by atoms with Crippen LogP contribution in [0.15, 0.2) is 127 Å². The molecule has 0 fully saturated rings. The van der Waals surface area contributed by atoms with Gasteiger partial charge in [-0.05, 0) is 103 Å². The molecule has 374 valence electrons. The van der Waals surface area contributed by atoms with Crippen molar-refractivity contribution < 1.29 is 78.8 Å². The van der Waals surface area contributed by atoms with E-state index in [1.54, 1.807) is 0 Å². The van der Waals surface area contributed by atoms with Gasteiger partial charge in [-0.2, -0.15) is 25.3 Å². The van der Waals surface area contributed by atoms with Gasteiger partial charge in [0.1, 0.15) is 40.1 Å². The zero-order chi connectivity index (χ0) is 52.6. The summed E-state index contributed by atoms with van der Waals surface area (Å²) in [6, 6.07) is 20.3. The van der Waals surface area contributed by atoms with Crippen molar-refractivity contribution in [1.29, 1.82) is 0 Å². The van der Waals surface area contributed by atoms with E-state index in [1.165, 1.54) is 66.7 Å². The third kappa shape index (κ3) is 9.95. The summed E-state index contributed by atoms with van der Waals surface area (Å²) < 4.78 is 112. The highest BCUT2D eigenvalue weighted by Gasteiger charge is 2.27. The highest BCUT2D eigenvalue weighted by Crippen LogP contribution is 2.44. The van der Waals surface area contributed by atoms with Gasteiger partial charge in [-0.1, -0.05) is 6.07 Å². The maximum Gasteiger partial charge on any atom is 0.336 e. The maximum absolute atomic E-state index is 12.9. The molecule has 8 bridgehead atoms. The minimum Gasteiger partial charge on any atom is -0.508 e. The number of nitrogens with one attached hydrogen (secondary N) is 2. The highest BCUT2D eigenvalue weighted by atomic mass is 32.2. The van der Waals surface area contributed by atoms with Crippen molar-refractivity contribution in [3.63, 3.8) is 0 Å². The summed E-state index contributed by atoms with van der Waals surface area (Å²) in [6.07, 6.45) is -2.43. The van der Waals surface area contributed by atoms with Crippen LogP contribution in [0.4, 0.5) is 11.4 Å². The van der Waals surface area contributed by atoms with Gasteiger partial charge in [0.15, 0.2) is 10.5 Å². The SMILES string of the molecule is O=C(O)c1cc(NC(=S)Nc2cc3c(O)c(c2)Cc2cc(S(=O)(=O)O)cc(c2O)Cc2cc(S(=O)(=O)O)cc(c2O)Cc2cc(S(=O)(=O)O)cc(c2O)C3)ccc1-c1c2ccc(=O)cc-2oc2cc(O)ccc12. The van der Waals surface area contributed by atoms with Crippen LogP contribution in [-0.2, 0) is 56.0 Å². The molecule has 0 aromatic heterocycles. The van der Waals surface area contributed by atoms with Gasteiger partial charge >= 0.3 is 5.97 Å². The molecule has 0 amide bonds. The van der Waals surface area contributed by atoms with Crippen LogP contribution in [0, 0.1) is 0 Å². The van der Waals surface area contributed by atoms with Gasteiger partial charge in [-0.15, -0.1) is 0 Å². The molecule has 1 aliphatic heterocycles. The number of phenolic OH excluding ortho intramolecular Hbond substituents is 5. The molecular weight excluding hydrogens is 1030 g/mol. The standard InChI is InChI=1S/C49H36N2O18S4/c52-32-2-5-38-41(20-32)69-42-21-33(53)3-6-39(42)43(38)37-4-1-30(19-40(37)48(58)59)50-49(70)51-31-11-22-7-24-13-34(71(60,61)62)15-26(45(24)55)9-28-17-36(73(66,67)68)18-29(47(28)57)10-27-16-35(72(63,64)65)14-25(46(27)56)8-23(12-31)44(22)54/h1-6,11-21,52,54-57H,7-10H2,(H,58,59)(H2,50,51,70)(H,60,61,62)(H,63,64,65)(H,66,67,68). The number of carboxylic acids is 1. The number of hydrogen-bond donors (Lipinski definition) is 11. The fourth-order valence-corrected chi connectivity index (χ4v) is 10.8. The first-order valence-electron chi connectivity index (χ1n) is 21.2. The fourth-order valence-electron chi connectivity index (χ4n) is 8.82. The van der Waals surface area contributed by atoms with Crippen LogP contribution in [0.3, 0.4) is 0 Å². The summed E-state index contributed by atoms with van der Waals surface area (Å²) in [4.78, 5) is 22.9. The minimum atomic E-state index is -5.05. The van der Waals surface area contributed by atoms with Crippen LogP contribution in [0.5, 0.6) is 28.7 Å². The van der Waals surface area contributed by atoms with Crippen LogP contribution >= 0.6 is 12.2 Å². The number of rotatable bonds is 7. The first kappa shape index (κ1) is 49.9. The molecule has 0 unspecified atom stereocenters. The Kier molecular flexibility index (Phi) is 12.4. The number of phenols is 5. The Morgan fingerprint density at radius 3 is 1.34 bits per heavy atom. The fraction of sp³-hybridized carbons (Fsp3) is 0.0816. The molecule has 0 spiro atoms. The van der Waals surface area contributed by atoms with Crippen molar-refractivity contribution in [3.8, 4) is 51.2 Å². The molecule has 9 rings (SSSR count). The predicted octanol–water partition coefficient (Wildman–Crippen LogP) is 7.02. The summed E-state index contributed by atoms with van der Waals surface area (Å²) in [5.74, 6) is -3.87. The molecule has 0 radical (unpaired) electrons. The molecule has 3 aliphatic rings. The summed E-state index contributed by atoms with van der Waals surface area (Å²) in [7, 11) is -15.1. The Labute approximate surface area is 418 Å². The summed E-state index contributed by atoms with van der Waals surface area (Å²) in [5.41, 5.74) is -1.23. The molecule has 24 heteroatoms. The molecule has 0 saturated heterocycles. The molecule has 20 nitrogen and oxygen atoms in total. The van der Waals surface area contributed by atoms with E-state index in [4.69, 9.17) is 16.6 Å². The lowest BCUT2D eigenvalue weighted by Crippen LogP contribution is -2.20. The molecule has 2 aliphatic carbocycles. The average Bonchev–Trinajstić information content (AvgIpc) is 3.29. The summed E-state index contributed by atoms with van der Waals surface area (Å²) in [6.45, 7) is 0. The van der Waals surface area contributed by atoms with Gasteiger partial charge in [0, 0.05) is 110 Å². The van der Waals surface area contributed by atoms with E-state index < -0.39 is 99.7 Å². The number of aromatic hydroxyl groups is 5. The number of hydrogen-bond acceptors (Lipinski definition) is 15. The summed E-state index contributed by atoms with van der Waals surface area (Å²) in [5, 5.41) is 73.5. The van der Waals surface area contributed by atoms with E-state index >= 15 is 0 Å². The van der Waals surface area contributed by atoms with E-state index in [0.717, 1.165) is 36.4 Å². The molecular formula is C49H36N2O18S4. The Morgan fingerprint density at radius 1 is 0.507 bits per heavy atom. The van der Waals surface area contributed by atoms with Crippen molar-refractivity contribution in [1.82, 2.24) is 0 Å². The molecule has 6 aromatic rings. The lowest BCUT2D eigenvalue weighted by molar-refractivity contribution is 0.0697. The first-order chi connectivity index (χ1) is 34.2. The Hall–Kier alpha value is -8.10. The molecule has 6 aromatic carbocycles. The lowest BCUT2D eigenvalue weighted by Gasteiger charge is -2.20. The van der Waals surface area contributed by atoms with Crippen LogP contribution in [0.1, 0.15) is 54.9 Å². The van der Waals surface area contributed by atoms with E-state index in [-0.39, 0.29) is 94.6 Å². The second-order valence-corrected chi connectivity index (χ2v) is 21.7. The third-order valence-electron chi connectivity index (χ3n) is 12.1. The Balaban J connectivity index is 1.16. The second kappa shape index (κ2) is 18.2. The van der Waals surface area contributed by atoms with Gasteiger partial charge in [0.05, 0.1) is 20.2 Å². The van der Waals surface area contributed by atoms with Crippen molar-refractivity contribution in [2.45, 2.75) is 40.4 Å². The minimum absolute atomic E-state index is 0.0670.